The number of aromatic nitrogens is 1. The summed E-state index contributed by atoms with van der Waals surface area (Å²) in [6.45, 7) is 20.5. The van der Waals surface area contributed by atoms with Crippen LogP contribution >= 0.6 is 0 Å². The Hall–Kier alpha value is -0.720. The van der Waals surface area contributed by atoms with Gasteiger partial charge in [-0.2, -0.15) is 0 Å². The van der Waals surface area contributed by atoms with Crippen LogP contribution in [0.25, 0.3) is 0 Å². The van der Waals surface area contributed by atoms with Crippen molar-refractivity contribution in [1.82, 2.24) is 4.57 Å². The average Bonchev–Trinajstić information content (AvgIpc) is 2.42. The highest BCUT2D eigenvalue weighted by atomic mass is 15.0. The molecule has 1 heterocycles. The molecule has 1 heteroatoms. The first-order valence-corrected chi connectivity index (χ1v) is 6.57. The van der Waals surface area contributed by atoms with E-state index in [9.17, 15) is 0 Å². The summed E-state index contributed by atoms with van der Waals surface area (Å²) < 4.78 is 2.36. The third kappa shape index (κ3) is 3.14. The molecule has 0 fully saturated rings. The zero-order valence-corrected chi connectivity index (χ0v) is 13.1. The topological polar surface area (TPSA) is 4.93 Å². The molecule has 1 rings (SSSR count). The zero-order chi connectivity index (χ0) is 13.6. The van der Waals surface area contributed by atoms with Crippen molar-refractivity contribution in [3.63, 3.8) is 0 Å². The summed E-state index contributed by atoms with van der Waals surface area (Å²) in [4.78, 5) is 0. The molecule has 0 aromatic carbocycles. The van der Waals surface area contributed by atoms with Crippen molar-refractivity contribution in [2.45, 2.75) is 78.7 Å². The molecule has 1 aromatic rings. The monoisotopic (exact) mass is 235 g/mol. The zero-order valence-electron chi connectivity index (χ0n) is 13.1. The minimum atomic E-state index is 0.156. The highest BCUT2D eigenvalue weighted by Gasteiger charge is 2.28. The van der Waals surface area contributed by atoms with Crippen LogP contribution in [0.2, 0.25) is 0 Å². The van der Waals surface area contributed by atoms with Gasteiger partial charge in [0, 0.05) is 17.9 Å². The molecule has 98 valence electrons. The van der Waals surface area contributed by atoms with Gasteiger partial charge in [0.05, 0.1) is 0 Å². The summed E-state index contributed by atoms with van der Waals surface area (Å²) in [6, 6.07) is 0. The molecule has 0 N–H and O–H groups in total. The fourth-order valence-electron chi connectivity index (χ4n) is 2.04. The van der Waals surface area contributed by atoms with E-state index in [4.69, 9.17) is 0 Å². The second-order valence-corrected chi connectivity index (χ2v) is 8.16. The number of rotatable bonds is 0. The van der Waals surface area contributed by atoms with E-state index in [0.717, 1.165) is 0 Å². The van der Waals surface area contributed by atoms with Crippen molar-refractivity contribution in [1.29, 1.82) is 0 Å². The molecule has 1 aromatic heterocycles. The lowest BCUT2D eigenvalue weighted by molar-refractivity contribution is 0.395. The first-order valence-electron chi connectivity index (χ1n) is 6.57. The Balaban J connectivity index is 3.44. The number of hydrogen-bond acceptors (Lipinski definition) is 0. The van der Waals surface area contributed by atoms with Crippen LogP contribution in [-0.2, 0) is 16.4 Å². The van der Waals surface area contributed by atoms with Gasteiger partial charge in [0.15, 0.2) is 0 Å². The van der Waals surface area contributed by atoms with Gasteiger partial charge in [-0.25, -0.2) is 0 Å². The minimum Gasteiger partial charge on any atom is -0.348 e. The van der Waals surface area contributed by atoms with E-state index < -0.39 is 0 Å². The quantitative estimate of drug-likeness (QED) is 0.606. The molecule has 0 aliphatic carbocycles. The smallest absolute Gasteiger partial charge is 0.0355 e. The maximum absolute atomic E-state index is 2.36. The Bertz CT molecular complexity index is 357. The largest absolute Gasteiger partial charge is 0.348 e. The van der Waals surface area contributed by atoms with Gasteiger partial charge in [-0.05, 0) is 42.7 Å². The highest BCUT2D eigenvalue weighted by molar-refractivity contribution is 5.36. The maximum atomic E-state index is 2.36. The van der Waals surface area contributed by atoms with Crippen molar-refractivity contribution < 1.29 is 0 Å². The van der Waals surface area contributed by atoms with E-state index in [1.54, 1.807) is 0 Å². The first-order chi connectivity index (χ1) is 7.33. The molecule has 0 aliphatic heterocycles. The molecular weight excluding hydrogens is 206 g/mol. The van der Waals surface area contributed by atoms with Crippen LogP contribution in [0.3, 0.4) is 0 Å². The van der Waals surface area contributed by atoms with Crippen molar-refractivity contribution in [2.24, 2.45) is 0 Å². The van der Waals surface area contributed by atoms with Crippen LogP contribution in [-0.4, -0.2) is 4.57 Å². The summed E-state index contributed by atoms with van der Waals surface area (Å²) in [6.07, 6.45) is 4.67. The maximum Gasteiger partial charge on any atom is 0.0355 e. The van der Waals surface area contributed by atoms with Gasteiger partial charge in [-0.3, -0.25) is 0 Å². The summed E-state index contributed by atoms with van der Waals surface area (Å²) in [5, 5.41) is 0. The molecule has 1 nitrogen and oxygen atoms in total. The lowest BCUT2D eigenvalue weighted by Gasteiger charge is -2.26. The standard InChI is InChI=1S/C16H29N/c1-14(2,3)12-10-17(16(7,8)9)11-13(12)15(4,5)6/h10-11H,1-9H3. The number of hydrogen-bond donors (Lipinski definition) is 0. The summed E-state index contributed by atoms with van der Waals surface area (Å²) in [5.74, 6) is 0. The van der Waals surface area contributed by atoms with Crippen LogP contribution in [0, 0.1) is 0 Å². The predicted octanol–water partition coefficient (Wildman–Crippen LogP) is 4.84. The SMILES string of the molecule is CC(C)(C)c1cn(C(C)(C)C)cc1C(C)(C)C. The summed E-state index contributed by atoms with van der Waals surface area (Å²) >= 11 is 0. The molecule has 17 heavy (non-hydrogen) atoms. The Labute approximate surface area is 107 Å². The van der Waals surface area contributed by atoms with Gasteiger partial charge < -0.3 is 4.57 Å². The fraction of sp³-hybridized carbons (Fsp3) is 0.750. The van der Waals surface area contributed by atoms with Gasteiger partial charge >= 0.3 is 0 Å². The van der Waals surface area contributed by atoms with E-state index >= 15 is 0 Å². The van der Waals surface area contributed by atoms with Crippen LogP contribution in [0.4, 0.5) is 0 Å². The molecule has 0 radical (unpaired) electrons. The predicted molar refractivity (Wildman–Crippen MR) is 76.8 cm³/mol. The molecule has 0 aliphatic rings. The third-order valence-electron chi connectivity index (χ3n) is 3.22. The van der Waals surface area contributed by atoms with Crippen molar-refractivity contribution in [3.8, 4) is 0 Å². The van der Waals surface area contributed by atoms with Crippen molar-refractivity contribution >= 4 is 0 Å². The average molecular weight is 235 g/mol. The Kier molecular flexibility index (Phi) is 3.29. The fourth-order valence-corrected chi connectivity index (χ4v) is 2.04. The van der Waals surface area contributed by atoms with Gasteiger partial charge in [-0.1, -0.05) is 41.5 Å². The van der Waals surface area contributed by atoms with Crippen LogP contribution in [0.1, 0.15) is 73.4 Å². The summed E-state index contributed by atoms with van der Waals surface area (Å²) in [5.41, 5.74) is 3.52. The second-order valence-electron chi connectivity index (χ2n) is 8.16. The first kappa shape index (κ1) is 14.3. The molecule has 0 saturated heterocycles. The lowest BCUT2D eigenvalue weighted by Crippen LogP contribution is -2.20. The van der Waals surface area contributed by atoms with Crippen molar-refractivity contribution in [2.75, 3.05) is 0 Å². The lowest BCUT2D eigenvalue weighted by atomic mass is 9.78. The van der Waals surface area contributed by atoms with E-state index in [-0.39, 0.29) is 16.4 Å². The molecule has 0 amide bonds. The Morgan fingerprint density at radius 2 is 0.941 bits per heavy atom. The van der Waals surface area contributed by atoms with Crippen LogP contribution < -0.4 is 0 Å². The van der Waals surface area contributed by atoms with Crippen LogP contribution in [0.5, 0.6) is 0 Å². The van der Waals surface area contributed by atoms with Gasteiger partial charge in [-0.15, -0.1) is 0 Å². The van der Waals surface area contributed by atoms with E-state index in [2.05, 4.69) is 79.3 Å². The highest BCUT2D eigenvalue weighted by Crippen LogP contribution is 2.36. The summed E-state index contributed by atoms with van der Waals surface area (Å²) in [7, 11) is 0. The Morgan fingerprint density at radius 3 is 1.12 bits per heavy atom. The minimum absolute atomic E-state index is 0.156. The molecular formula is C16H29N. The van der Waals surface area contributed by atoms with Crippen molar-refractivity contribution in [3.05, 3.63) is 23.5 Å². The molecule has 0 unspecified atom stereocenters. The Morgan fingerprint density at radius 1 is 0.647 bits per heavy atom. The van der Waals surface area contributed by atoms with Gasteiger partial charge in [0.2, 0.25) is 0 Å². The van der Waals surface area contributed by atoms with Gasteiger partial charge in [0.25, 0.3) is 0 Å². The molecule has 0 bridgehead atoms. The molecule has 0 spiro atoms. The van der Waals surface area contributed by atoms with Crippen LogP contribution in [0.15, 0.2) is 12.4 Å². The second kappa shape index (κ2) is 3.90. The third-order valence-corrected chi connectivity index (χ3v) is 3.22. The van der Waals surface area contributed by atoms with E-state index in [1.165, 1.54) is 11.1 Å². The van der Waals surface area contributed by atoms with E-state index in [0.29, 0.717) is 0 Å². The molecule has 0 atom stereocenters. The van der Waals surface area contributed by atoms with Gasteiger partial charge in [0.1, 0.15) is 0 Å². The molecule has 0 saturated carbocycles. The number of nitrogens with zero attached hydrogens (tertiary/aromatic N) is 1. The normalized spacial score (nSPS) is 14.2. The van der Waals surface area contributed by atoms with E-state index in [1.807, 2.05) is 0 Å².